The van der Waals surface area contributed by atoms with E-state index >= 15 is 0 Å². The van der Waals surface area contributed by atoms with Gasteiger partial charge in [-0.2, -0.15) is 0 Å². The second-order valence-electron chi connectivity index (χ2n) is 8.89. The lowest BCUT2D eigenvalue weighted by molar-refractivity contribution is 0.0734. The number of hydrogen-bond acceptors (Lipinski definition) is 2. The minimum Gasteiger partial charge on any atom is -0.423 e. The third-order valence-corrected chi connectivity index (χ3v) is 6.78. The molecule has 2 aliphatic rings. The molecule has 2 aromatic carbocycles. The van der Waals surface area contributed by atoms with Gasteiger partial charge in [0.05, 0.1) is 5.56 Å². The number of carbonyl (C=O) groups excluding carboxylic acids is 1. The third kappa shape index (κ3) is 4.14. The quantitative estimate of drug-likeness (QED) is 0.439. The van der Waals surface area contributed by atoms with E-state index < -0.39 is 5.97 Å². The Bertz CT molecular complexity index is 842. The molecule has 0 radical (unpaired) electrons. The Labute approximate surface area is 167 Å². The highest BCUT2D eigenvalue weighted by molar-refractivity contribution is 5.91. The van der Waals surface area contributed by atoms with E-state index in [1.54, 1.807) is 24.3 Å². The largest absolute Gasteiger partial charge is 0.423 e. The maximum Gasteiger partial charge on any atom is 0.343 e. The van der Waals surface area contributed by atoms with Gasteiger partial charge in [-0.3, -0.25) is 0 Å². The van der Waals surface area contributed by atoms with Crippen molar-refractivity contribution in [2.45, 2.75) is 58.3 Å². The maximum absolute atomic E-state index is 14.9. The van der Waals surface area contributed by atoms with Crippen LogP contribution in [0.4, 0.5) is 4.39 Å². The van der Waals surface area contributed by atoms with Crippen LogP contribution in [0, 0.1) is 30.5 Å². The molecule has 4 atom stereocenters. The molecule has 2 aliphatic carbocycles. The predicted octanol–water partition coefficient (Wildman–Crippen LogP) is 6.67. The van der Waals surface area contributed by atoms with Crippen molar-refractivity contribution >= 4 is 5.97 Å². The number of benzene rings is 2. The summed E-state index contributed by atoms with van der Waals surface area (Å²) in [5, 5.41) is 0. The number of ether oxygens (including phenoxy) is 1. The van der Waals surface area contributed by atoms with Crippen molar-refractivity contribution in [3.63, 3.8) is 0 Å². The highest BCUT2D eigenvalue weighted by Gasteiger charge is 2.35. The van der Waals surface area contributed by atoms with Crippen LogP contribution in [0.25, 0.3) is 0 Å². The highest BCUT2D eigenvalue weighted by atomic mass is 19.1. The Kier molecular flexibility index (Phi) is 5.52. The summed E-state index contributed by atoms with van der Waals surface area (Å²) in [6, 6.07) is 12.1. The van der Waals surface area contributed by atoms with Crippen LogP contribution < -0.4 is 4.74 Å². The number of esters is 1. The molecular weight excluding hydrogens is 351 g/mol. The van der Waals surface area contributed by atoms with Gasteiger partial charge in [0.2, 0.25) is 0 Å². The van der Waals surface area contributed by atoms with Crippen molar-refractivity contribution in [2.75, 3.05) is 0 Å². The average Bonchev–Trinajstić information content (AvgIpc) is 2.69. The van der Waals surface area contributed by atoms with Gasteiger partial charge in [-0.1, -0.05) is 37.1 Å². The van der Waals surface area contributed by atoms with Gasteiger partial charge >= 0.3 is 5.97 Å². The van der Waals surface area contributed by atoms with E-state index in [9.17, 15) is 9.18 Å². The summed E-state index contributed by atoms with van der Waals surface area (Å²) in [5.74, 6) is 2.37. The second kappa shape index (κ2) is 8.06. The first kappa shape index (κ1) is 19.2. The SMILES string of the molecule is Cc1ccc(OC(=O)c2ccc(C3CCC4CC(C)CCC4C3)c(F)c2)cc1. The van der Waals surface area contributed by atoms with Gasteiger partial charge in [0, 0.05) is 0 Å². The number of carbonyl (C=O) groups is 1. The average molecular weight is 381 g/mol. The lowest BCUT2D eigenvalue weighted by atomic mass is 9.64. The second-order valence-corrected chi connectivity index (χ2v) is 8.89. The summed E-state index contributed by atoms with van der Waals surface area (Å²) < 4.78 is 20.2. The molecule has 3 heteroatoms. The first-order valence-corrected chi connectivity index (χ1v) is 10.6. The van der Waals surface area contributed by atoms with Crippen molar-refractivity contribution in [2.24, 2.45) is 17.8 Å². The fraction of sp³-hybridized carbons (Fsp3) is 0.480. The number of aryl methyl sites for hydroxylation is 1. The van der Waals surface area contributed by atoms with Crippen molar-refractivity contribution in [1.82, 2.24) is 0 Å². The van der Waals surface area contributed by atoms with Gasteiger partial charge in [-0.05, 0) is 92.5 Å². The molecule has 2 nitrogen and oxygen atoms in total. The molecule has 28 heavy (non-hydrogen) atoms. The van der Waals surface area contributed by atoms with E-state index in [-0.39, 0.29) is 17.3 Å². The third-order valence-electron chi connectivity index (χ3n) is 6.78. The van der Waals surface area contributed by atoms with Crippen molar-refractivity contribution in [3.8, 4) is 5.75 Å². The summed E-state index contributed by atoms with van der Waals surface area (Å²) >= 11 is 0. The molecular formula is C25H29FO2. The molecule has 2 saturated carbocycles. The summed E-state index contributed by atoms with van der Waals surface area (Å²) in [5.41, 5.74) is 2.13. The summed E-state index contributed by atoms with van der Waals surface area (Å²) in [6.07, 6.45) is 7.27. The van der Waals surface area contributed by atoms with E-state index in [0.717, 1.165) is 41.7 Å². The molecule has 0 aliphatic heterocycles. The molecule has 4 rings (SSSR count). The van der Waals surface area contributed by atoms with Gasteiger partial charge in [-0.25, -0.2) is 9.18 Å². The van der Waals surface area contributed by atoms with Crippen LogP contribution in [-0.4, -0.2) is 5.97 Å². The number of hydrogen-bond donors (Lipinski definition) is 0. The monoisotopic (exact) mass is 380 g/mol. The molecule has 0 amide bonds. The summed E-state index contributed by atoms with van der Waals surface area (Å²) in [4.78, 5) is 12.4. The van der Waals surface area contributed by atoms with Crippen LogP contribution in [0.5, 0.6) is 5.75 Å². The molecule has 0 spiro atoms. The van der Waals surface area contributed by atoms with E-state index in [1.165, 1.54) is 31.7 Å². The van der Waals surface area contributed by atoms with E-state index in [4.69, 9.17) is 4.74 Å². The van der Waals surface area contributed by atoms with Gasteiger partial charge < -0.3 is 4.74 Å². The molecule has 148 valence electrons. The molecule has 0 aromatic heterocycles. The smallest absolute Gasteiger partial charge is 0.343 e. The molecule has 0 N–H and O–H groups in total. The van der Waals surface area contributed by atoms with Gasteiger partial charge in [-0.15, -0.1) is 0 Å². The minimum absolute atomic E-state index is 0.266. The zero-order chi connectivity index (χ0) is 19.7. The summed E-state index contributed by atoms with van der Waals surface area (Å²) in [6.45, 7) is 4.33. The fourth-order valence-corrected chi connectivity index (χ4v) is 5.16. The van der Waals surface area contributed by atoms with Crippen molar-refractivity contribution < 1.29 is 13.9 Å². The number of fused-ring (bicyclic) bond motifs is 1. The normalized spacial score (nSPS) is 27.1. The Hall–Kier alpha value is -2.16. The number of rotatable bonds is 3. The Balaban J connectivity index is 1.44. The highest BCUT2D eigenvalue weighted by Crippen LogP contribution is 2.47. The maximum atomic E-state index is 14.9. The van der Waals surface area contributed by atoms with Crippen LogP contribution in [-0.2, 0) is 0 Å². The van der Waals surface area contributed by atoms with Gasteiger partial charge in [0.1, 0.15) is 11.6 Å². The predicted molar refractivity (Wildman–Crippen MR) is 109 cm³/mol. The fourth-order valence-electron chi connectivity index (χ4n) is 5.16. The first-order chi connectivity index (χ1) is 13.5. The molecule has 0 bridgehead atoms. The van der Waals surface area contributed by atoms with Crippen molar-refractivity contribution in [3.05, 3.63) is 65.0 Å². The number of halogens is 1. The van der Waals surface area contributed by atoms with Crippen LogP contribution >= 0.6 is 0 Å². The van der Waals surface area contributed by atoms with Crippen molar-refractivity contribution in [1.29, 1.82) is 0 Å². The van der Waals surface area contributed by atoms with Gasteiger partial charge in [0.25, 0.3) is 0 Å². The Morgan fingerprint density at radius 1 is 0.964 bits per heavy atom. The molecule has 4 unspecified atom stereocenters. The lowest BCUT2D eigenvalue weighted by Gasteiger charge is -2.41. The first-order valence-electron chi connectivity index (χ1n) is 10.6. The molecule has 2 fully saturated rings. The van der Waals surface area contributed by atoms with E-state index in [0.29, 0.717) is 5.75 Å². The van der Waals surface area contributed by atoms with Crippen LogP contribution in [0.2, 0.25) is 0 Å². The Morgan fingerprint density at radius 3 is 2.43 bits per heavy atom. The van der Waals surface area contributed by atoms with Gasteiger partial charge in [0.15, 0.2) is 0 Å². The lowest BCUT2D eigenvalue weighted by Crippen LogP contribution is -2.30. The Morgan fingerprint density at radius 2 is 1.68 bits per heavy atom. The zero-order valence-corrected chi connectivity index (χ0v) is 16.8. The topological polar surface area (TPSA) is 26.3 Å². The minimum atomic E-state index is -0.515. The zero-order valence-electron chi connectivity index (χ0n) is 16.8. The van der Waals surface area contributed by atoms with Crippen LogP contribution in [0.15, 0.2) is 42.5 Å². The molecule has 0 heterocycles. The van der Waals surface area contributed by atoms with Crippen LogP contribution in [0.1, 0.15) is 72.9 Å². The van der Waals surface area contributed by atoms with E-state index in [2.05, 4.69) is 6.92 Å². The molecule has 2 aromatic rings. The van der Waals surface area contributed by atoms with Crippen LogP contribution in [0.3, 0.4) is 0 Å². The summed E-state index contributed by atoms with van der Waals surface area (Å²) in [7, 11) is 0. The molecule has 0 saturated heterocycles. The standard InChI is InChI=1S/C25H29FO2/c1-16-4-10-22(11-5-16)28-25(27)21-9-12-23(24(26)15-21)20-8-7-18-13-17(2)3-6-19(18)14-20/h4-5,9-12,15,17-20H,3,6-8,13-14H2,1-2H3. The van der Waals surface area contributed by atoms with E-state index in [1.807, 2.05) is 19.1 Å².